The van der Waals surface area contributed by atoms with Crippen LogP contribution in [0.5, 0.6) is 0 Å². The van der Waals surface area contributed by atoms with E-state index in [1.165, 1.54) is 13.2 Å². The number of esters is 1. The number of H-pyrrole nitrogens is 1. The standard InChI is InChI=1S/C11H8BrNO3.C2H6/c1-16-11(15)8-5-9(14)6-3-2-4-7(12)10(6)13-8;1-2/h2-5H,1H3,(H,13,14);1-2H3. The van der Waals surface area contributed by atoms with E-state index in [0.29, 0.717) is 10.9 Å². The molecule has 0 fully saturated rings. The maximum atomic E-state index is 11.7. The highest BCUT2D eigenvalue weighted by Crippen LogP contribution is 2.19. The fourth-order valence-corrected chi connectivity index (χ4v) is 1.92. The first-order valence-electron chi connectivity index (χ1n) is 5.53. The van der Waals surface area contributed by atoms with Crippen molar-refractivity contribution in [2.45, 2.75) is 13.8 Å². The minimum atomic E-state index is -0.560. The van der Waals surface area contributed by atoms with Gasteiger partial charge in [-0.25, -0.2) is 4.79 Å². The van der Waals surface area contributed by atoms with Gasteiger partial charge in [-0.1, -0.05) is 19.9 Å². The molecule has 0 saturated heterocycles. The van der Waals surface area contributed by atoms with E-state index < -0.39 is 5.97 Å². The van der Waals surface area contributed by atoms with Crippen LogP contribution in [0.3, 0.4) is 0 Å². The fourth-order valence-electron chi connectivity index (χ4n) is 1.46. The molecular weight excluding hydrogens is 298 g/mol. The Labute approximate surface area is 113 Å². The average molecular weight is 312 g/mol. The summed E-state index contributed by atoms with van der Waals surface area (Å²) >= 11 is 3.31. The van der Waals surface area contributed by atoms with Gasteiger partial charge in [0.25, 0.3) is 0 Å². The zero-order valence-electron chi connectivity index (χ0n) is 10.4. The van der Waals surface area contributed by atoms with E-state index in [-0.39, 0.29) is 11.1 Å². The van der Waals surface area contributed by atoms with Crippen LogP contribution in [0.15, 0.2) is 33.5 Å². The summed E-state index contributed by atoms with van der Waals surface area (Å²) < 4.78 is 5.29. The van der Waals surface area contributed by atoms with Gasteiger partial charge in [0.2, 0.25) is 0 Å². The first kappa shape index (κ1) is 14.4. The highest BCUT2D eigenvalue weighted by molar-refractivity contribution is 9.10. The molecule has 0 aliphatic carbocycles. The lowest BCUT2D eigenvalue weighted by Gasteiger charge is -2.03. The van der Waals surface area contributed by atoms with E-state index in [1.807, 2.05) is 13.8 Å². The van der Waals surface area contributed by atoms with Crippen LogP contribution in [0.4, 0.5) is 0 Å². The summed E-state index contributed by atoms with van der Waals surface area (Å²) in [5.74, 6) is -0.560. The molecule has 2 aromatic rings. The second-order valence-electron chi connectivity index (χ2n) is 3.20. The zero-order valence-corrected chi connectivity index (χ0v) is 12.0. The molecule has 18 heavy (non-hydrogen) atoms. The monoisotopic (exact) mass is 311 g/mol. The second-order valence-corrected chi connectivity index (χ2v) is 4.06. The Hall–Kier alpha value is -1.62. The molecule has 0 unspecified atom stereocenters. The number of fused-ring (bicyclic) bond motifs is 1. The Kier molecular flexibility index (Phi) is 5.09. The number of halogens is 1. The number of hydrogen-bond donors (Lipinski definition) is 1. The molecule has 0 atom stereocenters. The average Bonchev–Trinajstić information content (AvgIpc) is 2.41. The smallest absolute Gasteiger partial charge is 0.354 e. The molecule has 4 nitrogen and oxygen atoms in total. The zero-order chi connectivity index (χ0) is 13.7. The van der Waals surface area contributed by atoms with Gasteiger partial charge in [-0.2, -0.15) is 0 Å². The second kappa shape index (κ2) is 6.35. The van der Waals surface area contributed by atoms with Crippen molar-refractivity contribution < 1.29 is 9.53 Å². The van der Waals surface area contributed by atoms with Crippen LogP contribution >= 0.6 is 15.9 Å². The molecule has 1 N–H and O–H groups in total. The van der Waals surface area contributed by atoms with Crippen molar-refractivity contribution in [1.82, 2.24) is 4.98 Å². The molecule has 0 bridgehead atoms. The highest BCUT2D eigenvalue weighted by Gasteiger charge is 2.10. The highest BCUT2D eigenvalue weighted by atomic mass is 79.9. The van der Waals surface area contributed by atoms with Crippen LogP contribution in [0, 0.1) is 0 Å². The van der Waals surface area contributed by atoms with Crippen LogP contribution in [0.2, 0.25) is 0 Å². The van der Waals surface area contributed by atoms with Crippen LogP contribution < -0.4 is 5.43 Å². The van der Waals surface area contributed by atoms with Gasteiger partial charge in [-0.3, -0.25) is 4.79 Å². The number of nitrogens with one attached hydrogen (secondary N) is 1. The summed E-state index contributed by atoms with van der Waals surface area (Å²) in [4.78, 5) is 25.9. The molecule has 1 aromatic carbocycles. The number of aromatic amines is 1. The number of carbonyl (C=O) groups excluding carboxylic acids is 1. The number of pyridine rings is 1. The Morgan fingerprint density at radius 2 is 2.00 bits per heavy atom. The van der Waals surface area contributed by atoms with Crippen LogP contribution in [-0.2, 0) is 4.74 Å². The number of aromatic nitrogens is 1. The van der Waals surface area contributed by atoms with Crippen molar-refractivity contribution in [3.8, 4) is 0 Å². The summed E-state index contributed by atoms with van der Waals surface area (Å²) in [5, 5.41) is 0.530. The third-order valence-corrected chi connectivity index (χ3v) is 2.88. The molecular formula is C13H14BrNO3. The van der Waals surface area contributed by atoms with Gasteiger partial charge in [0.05, 0.1) is 12.6 Å². The molecule has 0 spiro atoms. The Balaban J connectivity index is 0.000000771. The molecule has 2 rings (SSSR count). The van der Waals surface area contributed by atoms with Gasteiger partial charge >= 0.3 is 5.97 Å². The molecule has 0 radical (unpaired) electrons. The third kappa shape index (κ3) is 2.79. The predicted octanol–water partition coefficient (Wildman–Crippen LogP) is 3.10. The summed E-state index contributed by atoms with van der Waals surface area (Å²) in [6, 6.07) is 6.49. The van der Waals surface area contributed by atoms with E-state index in [9.17, 15) is 9.59 Å². The van der Waals surface area contributed by atoms with Gasteiger partial charge < -0.3 is 9.72 Å². The quantitative estimate of drug-likeness (QED) is 0.823. The van der Waals surface area contributed by atoms with Crippen molar-refractivity contribution in [2.75, 3.05) is 7.11 Å². The van der Waals surface area contributed by atoms with Crippen molar-refractivity contribution in [3.63, 3.8) is 0 Å². The summed E-state index contributed by atoms with van der Waals surface area (Å²) in [5.41, 5.74) is 0.526. The predicted molar refractivity (Wildman–Crippen MR) is 75.0 cm³/mol. The summed E-state index contributed by atoms with van der Waals surface area (Å²) in [7, 11) is 1.27. The van der Waals surface area contributed by atoms with Crippen molar-refractivity contribution >= 4 is 32.8 Å². The number of carbonyl (C=O) groups is 1. The molecule has 1 heterocycles. The topological polar surface area (TPSA) is 59.2 Å². The number of benzene rings is 1. The van der Waals surface area contributed by atoms with E-state index in [0.717, 1.165) is 4.47 Å². The lowest BCUT2D eigenvalue weighted by Crippen LogP contribution is -2.11. The van der Waals surface area contributed by atoms with Crippen molar-refractivity contribution in [1.29, 1.82) is 0 Å². The molecule has 96 valence electrons. The van der Waals surface area contributed by atoms with E-state index in [2.05, 4.69) is 25.7 Å². The number of methoxy groups -OCH3 is 1. The lowest BCUT2D eigenvalue weighted by molar-refractivity contribution is 0.0594. The third-order valence-electron chi connectivity index (χ3n) is 2.22. The maximum absolute atomic E-state index is 11.7. The number of para-hydroxylation sites is 1. The first-order valence-corrected chi connectivity index (χ1v) is 6.32. The largest absolute Gasteiger partial charge is 0.464 e. The maximum Gasteiger partial charge on any atom is 0.354 e. The van der Waals surface area contributed by atoms with Crippen molar-refractivity contribution in [2.24, 2.45) is 0 Å². The number of ether oxygens (including phenoxy) is 1. The molecule has 5 heteroatoms. The minimum Gasteiger partial charge on any atom is -0.464 e. The normalized spacial score (nSPS) is 9.56. The van der Waals surface area contributed by atoms with E-state index in [4.69, 9.17) is 0 Å². The Morgan fingerprint density at radius 3 is 2.61 bits per heavy atom. The van der Waals surface area contributed by atoms with Gasteiger partial charge in [-0.15, -0.1) is 0 Å². The summed E-state index contributed by atoms with van der Waals surface area (Å²) in [6.07, 6.45) is 0. The van der Waals surface area contributed by atoms with Gasteiger partial charge in [0.15, 0.2) is 5.43 Å². The van der Waals surface area contributed by atoms with Gasteiger partial charge in [0, 0.05) is 15.9 Å². The van der Waals surface area contributed by atoms with E-state index >= 15 is 0 Å². The molecule has 0 aliphatic rings. The van der Waals surface area contributed by atoms with Gasteiger partial charge in [0.1, 0.15) is 5.69 Å². The lowest BCUT2D eigenvalue weighted by atomic mass is 10.2. The van der Waals surface area contributed by atoms with Crippen molar-refractivity contribution in [3.05, 3.63) is 44.7 Å². The molecule has 0 aliphatic heterocycles. The number of rotatable bonds is 1. The first-order chi connectivity index (χ1) is 8.63. The molecule has 1 aromatic heterocycles. The van der Waals surface area contributed by atoms with Crippen LogP contribution in [0.25, 0.3) is 10.9 Å². The summed E-state index contributed by atoms with van der Waals surface area (Å²) in [6.45, 7) is 4.00. The van der Waals surface area contributed by atoms with E-state index in [1.54, 1.807) is 18.2 Å². The number of hydrogen-bond acceptors (Lipinski definition) is 3. The fraction of sp³-hybridized carbons (Fsp3) is 0.231. The van der Waals surface area contributed by atoms with Crippen LogP contribution in [-0.4, -0.2) is 18.1 Å². The van der Waals surface area contributed by atoms with Gasteiger partial charge in [-0.05, 0) is 28.1 Å². The Morgan fingerprint density at radius 1 is 1.33 bits per heavy atom. The molecule has 0 saturated carbocycles. The minimum absolute atomic E-state index is 0.145. The SMILES string of the molecule is CC.COC(=O)c1cc(=O)c2cccc(Br)c2[nH]1. The van der Waals surface area contributed by atoms with Crippen LogP contribution in [0.1, 0.15) is 24.3 Å². The Bertz CT molecular complexity index is 619. The molecule has 0 amide bonds.